The summed E-state index contributed by atoms with van der Waals surface area (Å²) in [5.74, 6) is 3.00. The van der Waals surface area contributed by atoms with E-state index in [9.17, 15) is 0 Å². The van der Waals surface area contributed by atoms with Crippen LogP contribution < -0.4 is 14.2 Å². The minimum Gasteiger partial charge on any atom is -0.493 e. The maximum atomic E-state index is 5.35. The summed E-state index contributed by atoms with van der Waals surface area (Å²) in [6.45, 7) is 0. The van der Waals surface area contributed by atoms with E-state index in [0.717, 1.165) is 14.8 Å². The van der Waals surface area contributed by atoms with Gasteiger partial charge in [-0.15, -0.1) is 11.8 Å². The second-order valence-corrected chi connectivity index (χ2v) is 7.05. The average molecular weight is 302 g/mol. The van der Waals surface area contributed by atoms with Crippen molar-refractivity contribution in [1.82, 2.24) is 0 Å². The zero-order valence-electron chi connectivity index (χ0n) is 10.4. The Kier molecular flexibility index (Phi) is 4.64. The molecule has 1 aliphatic rings. The summed E-state index contributed by atoms with van der Waals surface area (Å²) in [5.41, 5.74) is 1.15. The van der Waals surface area contributed by atoms with Gasteiger partial charge in [0.1, 0.15) is 3.53 Å². The highest BCUT2D eigenvalue weighted by molar-refractivity contribution is 8.49. The van der Waals surface area contributed by atoms with Crippen molar-refractivity contribution in [3.05, 3.63) is 17.7 Å². The minimum atomic E-state index is 0.358. The second-order valence-electron chi connectivity index (χ2n) is 3.63. The van der Waals surface area contributed by atoms with Crippen molar-refractivity contribution >= 4 is 39.3 Å². The Balaban J connectivity index is 2.40. The van der Waals surface area contributed by atoms with Crippen LogP contribution in [-0.4, -0.2) is 30.6 Å². The van der Waals surface area contributed by atoms with Crippen LogP contribution in [0.2, 0.25) is 0 Å². The van der Waals surface area contributed by atoms with E-state index in [2.05, 4.69) is 0 Å². The van der Waals surface area contributed by atoms with Crippen LogP contribution in [0.25, 0.3) is 0 Å². The first-order valence-corrected chi connectivity index (χ1v) is 7.60. The molecule has 0 aromatic heterocycles. The molecule has 3 nitrogen and oxygen atoms in total. The zero-order chi connectivity index (χ0) is 13.1. The van der Waals surface area contributed by atoms with Gasteiger partial charge in [0, 0.05) is 11.0 Å². The lowest BCUT2D eigenvalue weighted by atomic mass is 10.1. The molecule has 1 aromatic carbocycles. The molecule has 1 unspecified atom stereocenters. The van der Waals surface area contributed by atoms with E-state index in [0.29, 0.717) is 22.5 Å². The highest BCUT2D eigenvalue weighted by Gasteiger charge is 2.25. The lowest BCUT2D eigenvalue weighted by molar-refractivity contribution is 0.324. The third-order valence-corrected chi connectivity index (χ3v) is 5.80. The van der Waals surface area contributed by atoms with E-state index in [1.165, 1.54) is 0 Å². The zero-order valence-corrected chi connectivity index (χ0v) is 12.8. The molecule has 1 aliphatic heterocycles. The van der Waals surface area contributed by atoms with Crippen LogP contribution in [0.5, 0.6) is 17.2 Å². The summed E-state index contributed by atoms with van der Waals surface area (Å²) in [7, 11) is 4.86. The topological polar surface area (TPSA) is 27.7 Å². The summed E-state index contributed by atoms with van der Waals surface area (Å²) in [5, 5.41) is 0.358. The molecule has 0 bridgehead atoms. The summed E-state index contributed by atoms with van der Waals surface area (Å²) in [4.78, 5) is 0. The van der Waals surface area contributed by atoms with Gasteiger partial charge in [0.15, 0.2) is 11.5 Å². The van der Waals surface area contributed by atoms with Crippen molar-refractivity contribution in [3.63, 3.8) is 0 Å². The van der Waals surface area contributed by atoms with Gasteiger partial charge in [-0.05, 0) is 17.7 Å². The van der Waals surface area contributed by atoms with Gasteiger partial charge in [-0.3, -0.25) is 0 Å². The van der Waals surface area contributed by atoms with E-state index < -0.39 is 0 Å². The number of thiocarbonyl (C=S) groups is 1. The molecule has 18 heavy (non-hydrogen) atoms. The van der Waals surface area contributed by atoms with Gasteiger partial charge in [0.25, 0.3) is 0 Å². The third kappa shape index (κ3) is 2.70. The first-order chi connectivity index (χ1) is 8.69. The number of hydrogen-bond donors (Lipinski definition) is 0. The van der Waals surface area contributed by atoms with Crippen molar-refractivity contribution in [2.45, 2.75) is 5.25 Å². The van der Waals surface area contributed by atoms with Gasteiger partial charge in [-0.1, -0.05) is 24.0 Å². The molecule has 0 amide bonds. The predicted molar refractivity (Wildman–Crippen MR) is 81.5 cm³/mol. The quantitative estimate of drug-likeness (QED) is 0.790. The normalized spacial score (nSPS) is 18.8. The molecule has 0 aliphatic carbocycles. The molecule has 0 spiro atoms. The maximum absolute atomic E-state index is 5.35. The van der Waals surface area contributed by atoms with E-state index in [-0.39, 0.29) is 0 Å². The molecule has 1 saturated heterocycles. The van der Waals surface area contributed by atoms with Crippen LogP contribution in [0, 0.1) is 0 Å². The predicted octanol–water partition coefficient (Wildman–Crippen LogP) is 3.52. The van der Waals surface area contributed by atoms with Crippen LogP contribution >= 0.6 is 35.7 Å². The average Bonchev–Trinajstić information content (AvgIpc) is 2.83. The molecule has 1 atom stereocenters. The Morgan fingerprint density at radius 3 is 2.11 bits per heavy atom. The van der Waals surface area contributed by atoms with Gasteiger partial charge in [-0.25, -0.2) is 0 Å². The van der Waals surface area contributed by atoms with Crippen molar-refractivity contribution in [1.29, 1.82) is 0 Å². The molecule has 0 N–H and O–H groups in total. The number of ether oxygens (including phenoxy) is 3. The minimum absolute atomic E-state index is 0.358. The van der Waals surface area contributed by atoms with Crippen LogP contribution in [0.15, 0.2) is 12.1 Å². The second kappa shape index (κ2) is 6.04. The SMILES string of the molecule is COc1cc(C2CSC(=S)S2)cc(OC)c1OC. The van der Waals surface area contributed by atoms with Gasteiger partial charge in [-0.2, -0.15) is 0 Å². The molecule has 0 radical (unpaired) electrons. The molecule has 1 aromatic rings. The van der Waals surface area contributed by atoms with Crippen molar-refractivity contribution < 1.29 is 14.2 Å². The Morgan fingerprint density at radius 2 is 1.72 bits per heavy atom. The number of rotatable bonds is 4. The fourth-order valence-electron chi connectivity index (χ4n) is 1.78. The van der Waals surface area contributed by atoms with E-state index in [4.69, 9.17) is 26.4 Å². The monoisotopic (exact) mass is 302 g/mol. The van der Waals surface area contributed by atoms with Crippen molar-refractivity contribution in [3.8, 4) is 17.2 Å². The summed E-state index contributed by atoms with van der Waals surface area (Å²) in [6.07, 6.45) is 0. The number of methoxy groups -OCH3 is 3. The fraction of sp³-hybridized carbons (Fsp3) is 0.417. The molecule has 0 saturated carbocycles. The molecular formula is C12H14O3S3. The first kappa shape index (κ1) is 13.8. The smallest absolute Gasteiger partial charge is 0.203 e. The number of thioether (sulfide) groups is 2. The fourth-order valence-corrected chi connectivity index (χ4v) is 4.62. The number of hydrogen-bond acceptors (Lipinski definition) is 6. The third-order valence-electron chi connectivity index (χ3n) is 2.65. The molecular weight excluding hydrogens is 288 g/mol. The Bertz CT molecular complexity index is 437. The van der Waals surface area contributed by atoms with Crippen LogP contribution in [0.1, 0.15) is 10.8 Å². The van der Waals surface area contributed by atoms with Gasteiger partial charge in [0.05, 0.1) is 21.3 Å². The highest BCUT2D eigenvalue weighted by atomic mass is 32.2. The summed E-state index contributed by atoms with van der Waals surface area (Å²) < 4.78 is 17.0. The van der Waals surface area contributed by atoms with Crippen LogP contribution in [0.3, 0.4) is 0 Å². The Morgan fingerprint density at radius 1 is 1.11 bits per heavy atom. The van der Waals surface area contributed by atoms with Crippen molar-refractivity contribution in [2.75, 3.05) is 27.1 Å². The highest BCUT2D eigenvalue weighted by Crippen LogP contribution is 2.47. The molecule has 2 rings (SSSR count). The van der Waals surface area contributed by atoms with Crippen LogP contribution in [-0.2, 0) is 0 Å². The van der Waals surface area contributed by atoms with Gasteiger partial charge >= 0.3 is 0 Å². The summed E-state index contributed by atoms with van der Waals surface area (Å²) in [6, 6.07) is 3.99. The lowest BCUT2D eigenvalue weighted by Gasteiger charge is -2.16. The number of benzene rings is 1. The molecule has 98 valence electrons. The molecule has 1 heterocycles. The summed E-state index contributed by atoms with van der Waals surface area (Å²) >= 11 is 8.64. The van der Waals surface area contributed by atoms with Gasteiger partial charge in [0.2, 0.25) is 5.75 Å². The standard InChI is InChI=1S/C12H14O3S3/c1-13-8-4-7(10-6-17-12(16)18-10)5-9(14-2)11(8)15-3/h4-5,10H,6H2,1-3H3. The molecule has 1 fully saturated rings. The van der Waals surface area contributed by atoms with Gasteiger partial charge < -0.3 is 14.2 Å². The molecule has 6 heteroatoms. The van der Waals surface area contributed by atoms with E-state index in [1.54, 1.807) is 44.9 Å². The Hall–Kier alpha value is -0.590. The first-order valence-electron chi connectivity index (χ1n) is 5.33. The maximum Gasteiger partial charge on any atom is 0.203 e. The van der Waals surface area contributed by atoms with E-state index >= 15 is 0 Å². The largest absolute Gasteiger partial charge is 0.493 e. The lowest BCUT2D eigenvalue weighted by Crippen LogP contribution is -1.99. The Labute approximate surface area is 121 Å². The van der Waals surface area contributed by atoms with Crippen molar-refractivity contribution in [2.24, 2.45) is 0 Å². The van der Waals surface area contributed by atoms with Crippen LogP contribution in [0.4, 0.5) is 0 Å². The van der Waals surface area contributed by atoms with E-state index in [1.807, 2.05) is 12.1 Å².